The number of amides is 1. The molecule has 1 amide bonds. The van der Waals surface area contributed by atoms with E-state index in [9.17, 15) is 9.59 Å². The van der Waals surface area contributed by atoms with Crippen LogP contribution in [0.25, 0.3) is 11.1 Å². The third kappa shape index (κ3) is 3.34. The zero-order valence-corrected chi connectivity index (χ0v) is 13.6. The molecule has 1 aliphatic rings. The lowest BCUT2D eigenvalue weighted by atomic mass is 10.1. The number of carboxylic acids is 1. The molecule has 0 unspecified atom stereocenters. The van der Waals surface area contributed by atoms with Crippen LogP contribution < -0.4 is 5.32 Å². The van der Waals surface area contributed by atoms with Gasteiger partial charge in [0.25, 0.3) is 5.91 Å². The predicted octanol–water partition coefficient (Wildman–Crippen LogP) is 4.51. The number of hydrogen-bond acceptors (Lipinski definition) is 2. The van der Waals surface area contributed by atoms with Crippen LogP contribution in [-0.4, -0.2) is 17.0 Å². The van der Waals surface area contributed by atoms with Crippen LogP contribution in [0, 0.1) is 0 Å². The molecule has 0 heterocycles. The van der Waals surface area contributed by atoms with E-state index in [4.69, 9.17) is 16.7 Å². The highest BCUT2D eigenvalue weighted by Gasteiger charge is 2.25. The summed E-state index contributed by atoms with van der Waals surface area (Å²) < 4.78 is 0. The van der Waals surface area contributed by atoms with Gasteiger partial charge < -0.3 is 10.4 Å². The second-order valence-electron chi connectivity index (χ2n) is 5.63. The van der Waals surface area contributed by atoms with E-state index in [-0.39, 0.29) is 11.5 Å². The molecule has 0 bridgehead atoms. The van der Waals surface area contributed by atoms with Crippen molar-refractivity contribution in [2.75, 3.05) is 5.32 Å². The fourth-order valence-electron chi connectivity index (χ4n) is 2.87. The van der Waals surface area contributed by atoms with E-state index in [1.165, 1.54) is 0 Å². The number of hydrogen-bond donors (Lipinski definition) is 2. The molecular formula is C19H16ClNO3. The first-order chi connectivity index (χ1) is 11.6. The van der Waals surface area contributed by atoms with E-state index in [1.807, 2.05) is 36.4 Å². The van der Waals surface area contributed by atoms with E-state index in [1.54, 1.807) is 12.1 Å². The summed E-state index contributed by atoms with van der Waals surface area (Å²) in [5.74, 6) is -1.35. The van der Waals surface area contributed by atoms with Gasteiger partial charge in [-0.05, 0) is 43.0 Å². The molecule has 4 nitrogen and oxygen atoms in total. The van der Waals surface area contributed by atoms with Crippen LogP contribution in [0.1, 0.15) is 19.3 Å². The van der Waals surface area contributed by atoms with E-state index in [0.717, 1.165) is 11.1 Å². The predicted molar refractivity (Wildman–Crippen MR) is 94.0 cm³/mol. The van der Waals surface area contributed by atoms with Crippen molar-refractivity contribution in [3.8, 4) is 11.1 Å². The van der Waals surface area contributed by atoms with Crippen LogP contribution in [0.5, 0.6) is 0 Å². The van der Waals surface area contributed by atoms with Crippen molar-refractivity contribution < 1.29 is 14.7 Å². The molecule has 0 atom stereocenters. The Morgan fingerprint density at radius 3 is 2.29 bits per heavy atom. The maximum absolute atomic E-state index is 12.3. The molecule has 0 fully saturated rings. The Morgan fingerprint density at radius 2 is 1.62 bits per heavy atom. The molecule has 0 spiro atoms. The van der Waals surface area contributed by atoms with Crippen LogP contribution in [0.3, 0.4) is 0 Å². The Morgan fingerprint density at radius 1 is 0.958 bits per heavy atom. The van der Waals surface area contributed by atoms with Crippen molar-refractivity contribution >= 4 is 29.2 Å². The standard InChI is InChI=1S/C19H16ClNO3/c20-17-7-2-1-4-14(17)12-8-10-13(11-9-12)21-18(22)15-5-3-6-16(15)19(23)24/h1-2,4,7-11H,3,5-6H2,(H,21,22)(H,23,24). The molecule has 5 heteroatoms. The largest absolute Gasteiger partial charge is 0.478 e. The van der Waals surface area contributed by atoms with Crippen molar-refractivity contribution in [2.45, 2.75) is 19.3 Å². The Kier molecular flexibility index (Phi) is 4.67. The van der Waals surface area contributed by atoms with Crippen LogP contribution in [0.4, 0.5) is 5.69 Å². The summed E-state index contributed by atoms with van der Waals surface area (Å²) in [6.07, 6.45) is 1.66. The molecular weight excluding hydrogens is 326 g/mol. The first-order valence-electron chi connectivity index (χ1n) is 7.68. The second kappa shape index (κ2) is 6.89. The molecule has 0 saturated carbocycles. The highest BCUT2D eigenvalue weighted by Crippen LogP contribution is 2.30. The number of carbonyl (C=O) groups excluding carboxylic acids is 1. The molecule has 3 rings (SSSR count). The Hall–Kier alpha value is -2.59. The SMILES string of the molecule is O=C(O)C1=C(C(=O)Nc2ccc(-c3ccccc3Cl)cc2)CCC1. The van der Waals surface area contributed by atoms with Gasteiger partial charge in [-0.25, -0.2) is 4.79 Å². The van der Waals surface area contributed by atoms with Crippen LogP contribution in [-0.2, 0) is 9.59 Å². The van der Waals surface area contributed by atoms with E-state index in [0.29, 0.717) is 35.5 Å². The quantitative estimate of drug-likeness (QED) is 0.859. The number of carboxylic acid groups (broad SMARTS) is 1. The van der Waals surface area contributed by atoms with Gasteiger partial charge in [-0.15, -0.1) is 0 Å². The minimum atomic E-state index is -1.01. The molecule has 0 radical (unpaired) electrons. The summed E-state index contributed by atoms with van der Waals surface area (Å²) >= 11 is 6.18. The number of nitrogens with one attached hydrogen (secondary N) is 1. The van der Waals surface area contributed by atoms with Crippen molar-refractivity contribution in [3.63, 3.8) is 0 Å². The number of benzene rings is 2. The molecule has 2 aromatic carbocycles. The van der Waals surface area contributed by atoms with Crippen molar-refractivity contribution in [1.29, 1.82) is 0 Å². The van der Waals surface area contributed by atoms with E-state index < -0.39 is 5.97 Å². The highest BCUT2D eigenvalue weighted by molar-refractivity contribution is 6.33. The highest BCUT2D eigenvalue weighted by atomic mass is 35.5. The summed E-state index contributed by atoms with van der Waals surface area (Å²) in [5, 5.41) is 12.6. The normalized spacial score (nSPS) is 13.9. The summed E-state index contributed by atoms with van der Waals surface area (Å²) in [6.45, 7) is 0. The fourth-order valence-corrected chi connectivity index (χ4v) is 3.11. The maximum Gasteiger partial charge on any atom is 0.332 e. The van der Waals surface area contributed by atoms with E-state index in [2.05, 4.69) is 5.32 Å². The zero-order chi connectivity index (χ0) is 17.1. The van der Waals surface area contributed by atoms with Crippen LogP contribution in [0.2, 0.25) is 5.02 Å². The molecule has 0 aliphatic heterocycles. The summed E-state index contributed by atoms with van der Waals surface area (Å²) in [4.78, 5) is 23.4. The van der Waals surface area contributed by atoms with Crippen LogP contribution >= 0.6 is 11.6 Å². The smallest absolute Gasteiger partial charge is 0.332 e. The van der Waals surface area contributed by atoms with Crippen molar-refractivity contribution in [2.24, 2.45) is 0 Å². The van der Waals surface area contributed by atoms with Gasteiger partial charge in [0.2, 0.25) is 0 Å². The van der Waals surface area contributed by atoms with Crippen LogP contribution in [0.15, 0.2) is 59.7 Å². The van der Waals surface area contributed by atoms with Gasteiger partial charge in [0, 0.05) is 27.4 Å². The molecule has 1 aliphatic carbocycles. The van der Waals surface area contributed by atoms with Crippen molar-refractivity contribution in [1.82, 2.24) is 0 Å². The molecule has 24 heavy (non-hydrogen) atoms. The third-order valence-corrected chi connectivity index (χ3v) is 4.41. The molecule has 2 aromatic rings. The number of halogens is 1. The van der Waals surface area contributed by atoms with Gasteiger partial charge >= 0.3 is 5.97 Å². The number of carbonyl (C=O) groups is 2. The van der Waals surface area contributed by atoms with Gasteiger partial charge in [-0.2, -0.15) is 0 Å². The Labute approximate surface area is 144 Å². The minimum Gasteiger partial charge on any atom is -0.478 e. The maximum atomic E-state index is 12.3. The Bertz CT molecular complexity index is 825. The van der Waals surface area contributed by atoms with Gasteiger partial charge in [-0.1, -0.05) is 41.9 Å². The average Bonchev–Trinajstić information content (AvgIpc) is 3.06. The second-order valence-corrected chi connectivity index (χ2v) is 6.03. The first kappa shape index (κ1) is 16.3. The van der Waals surface area contributed by atoms with Gasteiger partial charge in [-0.3, -0.25) is 4.79 Å². The molecule has 2 N–H and O–H groups in total. The lowest BCUT2D eigenvalue weighted by Crippen LogP contribution is -2.16. The number of anilines is 1. The average molecular weight is 342 g/mol. The van der Waals surface area contributed by atoms with Gasteiger partial charge in [0.15, 0.2) is 0 Å². The summed E-state index contributed by atoms with van der Waals surface area (Å²) in [6, 6.07) is 14.9. The number of aliphatic carboxylic acids is 1. The fraction of sp³-hybridized carbons (Fsp3) is 0.158. The summed E-state index contributed by atoms with van der Waals surface area (Å²) in [5.41, 5.74) is 3.09. The van der Waals surface area contributed by atoms with Crippen molar-refractivity contribution in [3.05, 3.63) is 64.7 Å². The van der Waals surface area contributed by atoms with Gasteiger partial charge in [0.05, 0.1) is 0 Å². The van der Waals surface area contributed by atoms with Gasteiger partial charge in [0.1, 0.15) is 0 Å². The molecule has 0 saturated heterocycles. The zero-order valence-electron chi connectivity index (χ0n) is 12.9. The first-order valence-corrected chi connectivity index (χ1v) is 8.05. The van der Waals surface area contributed by atoms with E-state index >= 15 is 0 Å². The Balaban J connectivity index is 1.78. The lowest BCUT2D eigenvalue weighted by Gasteiger charge is -2.09. The summed E-state index contributed by atoms with van der Waals surface area (Å²) in [7, 11) is 0. The molecule has 122 valence electrons. The lowest BCUT2D eigenvalue weighted by molar-refractivity contribution is -0.133. The monoisotopic (exact) mass is 341 g/mol. The number of rotatable bonds is 4. The third-order valence-electron chi connectivity index (χ3n) is 4.08. The topological polar surface area (TPSA) is 66.4 Å². The molecule has 0 aromatic heterocycles. The minimum absolute atomic E-state index is 0.222.